The van der Waals surface area contributed by atoms with Crippen LogP contribution < -0.4 is 5.32 Å². The summed E-state index contributed by atoms with van der Waals surface area (Å²) < 4.78 is 24.4. The van der Waals surface area contributed by atoms with Crippen LogP contribution in [-0.2, 0) is 22.8 Å². The summed E-state index contributed by atoms with van der Waals surface area (Å²) in [7, 11) is -3.14. The minimum Gasteiger partial charge on any atom is -0.345 e. The second kappa shape index (κ2) is 4.48. The fraction of sp³-hybridized carbons (Fsp3) is 0.500. The number of hydrogen-bond donors (Lipinski definition) is 1. The maximum Gasteiger partial charge on any atom is 0.255 e. The molecule has 2 aliphatic rings. The molecule has 1 aromatic rings. The normalized spacial score (nSPS) is 24.1. The van der Waals surface area contributed by atoms with Crippen molar-refractivity contribution < 1.29 is 13.2 Å². The first-order chi connectivity index (χ1) is 9.05. The highest BCUT2D eigenvalue weighted by molar-refractivity contribution is 7.94. The van der Waals surface area contributed by atoms with Crippen LogP contribution in [0.3, 0.4) is 0 Å². The molecule has 7 heteroatoms. The molecule has 1 unspecified atom stereocenters. The molecular weight excluding hydrogens is 266 g/mol. The number of carbonyl (C=O) groups excluding carboxylic acids is 1. The average molecular weight is 281 g/mol. The van der Waals surface area contributed by atoms with Crippen LogP contribution in [-0.4, -0.2) is 35.9 Å². The molecular formula is C12H15N3O3S. The second-order valence-electron chi connectivity index (χ2n) is 4.92. The molecule has 0 spiro atoms. The Morgan fingerprint density at radius 3 is 3.00 bits per heavy atom. The van der Waals surface area contributed by atoms with Crippen LogP contribution in [0, 0.1) is 0 Å². The SMILES string of the molecule is O=C(NC1C=CS(=O)(=O)C1)c1cnn2c1CCCC2. The topological polar surface area (TPSA) is 81.1 Å². The predicted molar refractivity (Wildman–Crippen MR) is 69.3 cm³/mol. The van der Waals surface area contributed by atoms with Gasteiger partial charge in [0.2, 0.25) is 0 Å². The quantitative estimate of drug-likeness (QED) is 0.843. The Morgan fingerprint density at radius 2 is 2.26 bits per heavy atom. The minimum atomic E-state index is -3.14. The monoisotopic (exact) mass is 281 g/mol. The molecule has 0 fully saturated rings. The van der Waals surface area contributed by atoms with Crippen molar-refractivity contribution >= 4 is 15.7 Å². The van der Waals surface area contributed by atoms with Crippen LogP contribution in [0.4, 0.5) is 0 Å². The third-order valence-electron chi connectivity index (χ3n) is 3.47. The number of carbonyl (C=O) groups is 1. The highest BCUT2D eigenvalue weighted by atomic mass is 32.2. The van der Waals surface area contributed by atoms with Crippen LogP contribution in [0.15, 0.2) is 17.7 Å². The van der Waals surface area contributed by atoms with Crippen molar-refractivity contribution in [1.29, 1.82) is 0 Å². The Kier molecular flexibility index (Phi) is 2.93. The lowest BCUT2D eigenvalue weighted by atomic mass is 10.1. The third kappa shape index (κ3) is 2.42. The van der Waals surface area contributed by atoms with Crippen LogP contribution in [0.25, 0.3) is 0 Å². The van der Waals surface area contributed by atoms with Gasteiger partial charge in [-0.2, -0.15) is 5.10 Å². The first kappa shape index (κ1) is 12.4. The summed E-state index contributed by atoms with van der Waals surface area (Å²) in [6.45, 7) is 0.848. The Labute approximate surface area is 111 Å². The fourth-order valence-corrected chi connectivity index (χ4v) is 3.76. The van der Waals surface area contributed by atoms with Crippen molar-refractivity contribution in [2.45, 2.75) is 31.8 Å². The molecule has 0 bridgehead atoms. The van der Waals surface area contributed by atoms with Crippen molar-refractivity contribution in [2.75, 3.05) is 5.75 Å². The summed E-state index contributed by atoms with van der Waals surface area (Å²) in [4.78, 5) is 12.2. The predicted octanol–water partition coefficient (Wildman–Crippen LogP) is 0.260. The van der Waals surface area contributed by atoms with Crippen molar-refractivity contribution in [3.05, 3.63) is 28.9 Å². The van der Waals surface area contributed by atoms with E-state index in [1.54, 1.807) is 6.20 Å². The lowest BCUT2D eigenvalue weighted by molar-refractivity contribution is 0.0946. The van der Waals surface area contributed by atoms with Gasteiger partial charge in [0.15, 0.2) is 9.84 Å². The zero-order chi connectivity index (χ0) is 13.5. The van der Waals surface area contributed by atoms with E-state index >= 15 is 0 Å². The van der Waals surface area contributed by atoms with Crippen LogP contribution in [0.1, 0.15) is 28.9 Å². The lowest BCUT2D eigenvalue weighted by Crippen LogP contribution is -2.36. The van der Waals surface area contributed by atoms with E-state index in [1.807, 2.05) is 4.68 Å². The number of rotatable bonds is 2. The molecule has 2 aliphatic heterocycles. The molecule has 0 aliphatic carbocycles. The first-order valence-corrected chi connectivity index (χ1v) is 8.03. The zero-order valence-electron chi connectivity index (χ0n) is 10.4. The number of nitrogens with one attached hydrogen (secondary N) is 1. The van der Waals surface area contributed by atoms with E-state index < -0.39 is 15.9 Å². The lowest BCUT2D eigenvalue weighted by Gasteiger charge is -2.15. The zero-order valence-corrected chi connectivity index (χ0v) is 11.2. The van der Waals surface area contributed by atoms with Crippen molar-refractivity contribution in [3.8, 4) is 0 Å². The molecule has 102 valence electrons. The third-order valence-corrected chi connectivity index (χ3v) is 4.87. The number of aryl methyl sites for hydroxylation is 1. The van der Waals surface area contributed by atoms with Gasteiger partial charge in [-0.05, 0) is 25.3 Å². The van der Waals surface area contributed by atoms with Gasteiger partial charge in [0.1, 0.15) is 0 Å². The summed E-state index contributed by atoms with van der Waals surface area (Å²) in [6, 6.07) is -0.434. The molecule has 1 aromatic heterocycles. The summed E-state index contributed by atoms with van der Waals surface area (Å²) in [5.74, 6) is -0.294. The van der Waals surface area contributed by atoms with Gasteiger partial charge < -0.3 is 5.32 Å². The van der Waals surface area contributed by atoms with Crippen molar-refractivity contribution in [3.63, 3.8) is 0 Å². The van der Waals surface area contributed by atoms with E-state index in [4.69, 9.17) is 0 Å². The molecule has 1 N–H and O–H groups in total. The number of amides is 1. The molecule has 3 heterocycles. The van der Waals surface area contributed by atoms with Gasteiger partial charge in [-0.1, -0.05) is 0 Å². The van der Waals surface area contributed by atoms with Crippen LogP contribution in [0.5, 0.6) is 0 Å². The minimum absolute atomic E-state index is 0.0534. The Balaban J connectivity index is 1.75. The van der Waals surface area contributed by atoms with Gasteiger partial charge in [0.05, 0.1) is 29.2 Å². The molecule has 0 aromatic carbocycles. The van der Waals surface area contributed by atoms with E-state index in [0.29, 0.717) is 5.56 Å². The van der Waals surface area contributed by atoms with Gasteiger partial charge in [0.25, 0.3) is 5.91 Å². The molecule has 6 nitrogen and oxygen atoms in total. The van der Waals surface area contributed by atoms with Gasteiger partial charge >= 0.3 is 0 Å². The highest BCUT2D eigenvalue weighted by Gasteiger charge is 2.26. The summed E-state index contributed by atoms with van der Waals surface area (Å²) in [5, 5.41) is 8.09. The van der Waals surface area contributed by atoms with E-state index in [2.05, 4.69) is 10.4 Å². The average Bonchev–Trinajstić information content (AvgIpc) is 2.92. The van der Waals surface area contributed by atoms with E-state index in [-0.39, 0.29) is 11.7 Å². The summed E-state index contributed by atoms with van der Waals surface area (Å²) in [5.41, 5.74) is 1.52. The summed E-state index contributed by atoms with van der Waals surface area (Å²) in [6.07, 6.45) is 6.08. The first-order valence-electron chi connectivity index (χ1n) is 6.32. The molecule has 3 rings (SSSR count). The van der Waals surface area contributed by atoms with Gasteiger partial charge in [0, 0.05) is 12.0 Å². The highest BCUT2D eigenvalue weighted by Crippen LogP contribution is 2.18. The summed E-state index contributed by atoms with van der Waals surface area (Å²) >= 11 is 0. The second-order valence-corrected chi connectivity index (χ2v) is 6.85. The number of nitrogens with zero attached hydrogens (tertiary/aromatic N) is 2. The molecule has 0 radical (unpaired) electrons. The maximum absolute atomic E-state index is 12.2. The van der Waals surface area contributed by atoms with Crippen LogP contribution >= 0.6 is 0 Å². The number of aromatic nitrogens is 2. The number of sulfone groups is 1. The molecule has 1 amide bonds. The fourth-order valence-electron chi connectivity index (χ4n) is 2.52. The van der Waals surface area contributed by atoms with Crippen LogP contribution in [0.2, 0.25) is 0 Å². The van der Waals surface area contributed by atoms with E-state index in [1.165, 1.54) is 6.08 Å². The van der Waals surface area contributed by atoms with Gasteiger partial charge in [-0.25, -0.2) is 8.42 Å². The maximum atomic E-state index is 12.2. The molecule has 0 saturated heterocycles. The van der Waals surface area contributed by atoms with E-state index in [9.17, 15) is 13.2 Å². The van der Waals surface area contributed by atoms with Crippen molar-refractivity contribution in [1.82, 2.24) is 15.1 Å². The largest absolute Gasteiger partial charge is 0.345 e. The molecule has 19 heavy (non-hydrogen) atoms. The van der Waals surface area contributed by atoms with Crippen molar-refractivity contribution in [2.24, 2.45) is 0 Å². The Bertz CT molecular complexity index is 645. The van der Waals surface area contributed by atoms with Gasteiger partial charge in [-0.15, -0.1) is 0 Å². The standard InChI is InChI=1S/C12H15N3O3S/c16-12(14-9-4-6-19(17,18)8-9)10-7-13-15-5-2-1-3-11(10)15/h4,6-7,9H,1-3,5,8H2,(H,14,16). The number of hydrogen-bond acceptors (Lipinski definition) is 4. The van der Waals surface area contributed by atoms with E-state index in [0.717, 1.165) is 36.9 Å². The Morgan fingerprint density at radius 1 is 1.42 bits per heavy atom. The molecule has 1 atom stereocenters. The smallest absolute Gasteiger partial charge is 0.255 e. The number of fused-ring (bicyclic) bond motifs is 1. The Hall–Kier alpha value is -1.63. The molecule has 0 saturated carbocycles. The van der Waals surface area contributed by atoms with Gasteiger partial charge in [-0.3, -0.25) is 9.48 Å².